The van der Waals surface area contributed by atoms with Gasteiger partial charge in [-0.15, -0.1) is 22.7 Å². The van der Waals surface area contributed by atoms with Crippen LogP contribution in [0.4, 0.5) is 11.4 Å². The Balaban J connectivity index is 0.000000187. The van der Waals surface area contributed by atoms with Crippen LogP contribution in [0, 0.1) is 20.2 Å². The molecule has 2 saturated carbocycles. The van der Waals surface area contributed by atoms with Gasteiger partial charge >= 0.3 is 23.3 Å². The number of para-hydroxylation sites is 2. The van der Waals surface area contributed by atoms with Crippen LogP contribution in [0.2, 0.25) is 0 Å². The van der Waals surface area contributed by atoms with Crippen LogP contribution in [0.3, 0.4) is 0 Å². The Bertz CT molecular complexity index is 2740. The fourth-order valence-corrected chi connectivity index (χ4v) is 12.1. The van der Waals surface area contributed by atoms with Gasteiger partial charge < -0.3 is 43.5 Å². The Morgan fingerprint density at radius 3 is 1.57 bits per heavy atom. The standard InChI is InChI=1S/C27H32N2O7S.C22H24N2O6S/c1-33-27(30)21-16-19-26(37-21)23(17-8-3-2-4-9-17)24(28-19)18-10-7-11-20(29(31)32)25(18)36-15-14-35-22-12-5-6-13-34-22;1-29-22(26)17-12-15-21(31-17)18(13-6-3-2-4-7-13)19(23-15)14-8-5-9-16(24(27)28)20(14)30-11-10-25/h7,10-11,16-17,22,28H,2-6,8-9,12-15H2,1H3;5,8-9,12-13,23,25H,2-4,6-7,10-11H2,1H3. The molecule has 19 heteroatoms. The van der Waals surface area contributed by atoms with Crippen molar-refractivity contribution in [2.45, 2.75) is 102 Å². The highest BCUT2D eigenvalue weighted by atomic mass is 32.1. The van der Waals surface area contributed by atoms with Crippen LogP contribution in [0.15, 0.2) is 48.5 Å². The minimum absolute atomic E-state index is 0.0435. The monoisotopic (exact) mass is 972 g/mol. The molecule has 362 valence electrons. The molecule has 1 unspecified atom stereocenters. The molecular weight excluding hydrogens is 917 g/mol. The number of aromatic nitrogens is 2. The molecule has 0 spiro atoms. The first-order chi connectivity index (χ1) is 33.1. The zero-order valence-corrected chi connectivity index (χ0v) is 39.8. The van der Waals surface area contributed by atoms with Gasteiger partial charge in [0.2, 0.25) is 11.5 Å². The molecule has 1 aliphatic heterocycles. The number of carbonyl (C=O) groups is 2. The summed E-state index contributed by atoms with van der Waals surface area (Å²) in [5.41, 5.74) is 6.41. The average molecular weight is 973 g/mol. The zero-order valence-electron chi connectivity index (χ0n) is 38.1. The van der Waals surface area contributed by atoms with E-state index in [-0.39, 0.29) is 73.4 Å². The van der Waals surface area contributed by atoms with E-state index < -0.39 is 9.85 Å². The van der Waals surface area contributed by atoms with Crippen molar-refractivity contribution in [2.75, 3.05) is 47.3 Å². The molecule has 0 amide bonds. The van der Waals surface area contributed by atoms with Gasteiger partial charge in [0.15, 0.2) is 6.29 Å². The van der Waals surface area contributed by atoms with Crippen molar-refractivity contribution < 1.29 is 53.0 Å². The second-order valence-electron chi connectivity index (χ2n) is 17.1. The lowest BCUT2D eigenvalue weighted by Crippen LogP contribution is -2.24. The predicted molar refractivity (Wildman–Crippen MR) is 258 cm³/mol. The normalized spacial score (nSPS) is 16.8. The van der Waals surface area contributed by atoms with Gasteiger partial charge in [0, 0.05) is 29.9 Å². The van der Waals surface area contributed by atoms with E-state index in [1.807, 2.05) is 6.07 Å². The maximum Gasteiger partial charge on any atom is 0.348 e. The number of aliphatic hydroxyl groups excluding tert-OH is 1. The number of nitro benzene ring substituents is 2. The fourth-order valence-electron chi connectivity index (χ4n) is 9.74. The number of esters is 2. The third-order valence-corrected chi connectivity index (χ3v) is 15.1. The number of benzene rings is 2. The largest absolute Gasteiger partial charge is 0.484 e. The third-order valence-electron chi connectivity index (χ3n) is 12.8. The van der Waals surface area contributed by atoms with Gasteiger partial charge in [-0.05, 0) is 92.2 Å². The number of nitrogens with one attached hydrogen (secondary N) is 2. The topological polar surface area (TPSA) is 228 Å². The summed E-state index contributed by atoms with van der Waals surface area (Å²) in [5, 5.41) is 32.8. The molecule has 17 nitrogen and oxygen atoms in total. The molecule has 0 bridgehead atoms. The minimum Gasteiger partial charge on any atom is -0.484 e. The molecule has 0 radical (unpaired) electrons. The van der Waals surface area contributed by atoms with E-state index in [1.54, 1.807) is 30.3 Å². The maximum absolute atomic E-state index is 12.2. The first-order valence-corrected chi connectivity index (χ1v) is 24.9. The molecule has 6 aromatic rings. The van der Waals surface area contributed by atoms with Gasteiger partial charge in [0.1, 0.15) is 23.0 Å². The van der Waals surface area contributed by atoms with Crippen LogP contribution in [-0.4, -0.2) is 90.4 Å². The Hall–Kier alpha value is -5.86. The lowest BCUT2D eigenvalue weighted by molar-refractivity contribution is -0.386. The first kappa shape index (κ1) is 48.6. The smallest absolute Gasteiger partial charge is 0.348 e. The molecule has 3 fully saturated rings. The highest BCUT2D eigenvalue weighted by Gasteiger charge is 2.32. The van der Waals surface area contributed by atoms with E-state index >= 15 is 0 Å². The third kappa shape index (κ3) is 10.6. The number of carbonyl (C=O) groups excluding carboxylic acids is 2. The first-order valence-electron chi connectivity index (χ1n) is 23.2. The van der Waals surface area contributed by atoms with Gasteiger partial charge in [-0.3, -0.25) is 20.2 Å². The summed E-state index contributed by atoms with van der Waals surface area (Å²) in [5.74, 6) is 0.188. The number of nitrogens with zero attached hydrogens (tertiary/aromatic N) is 2. The number of aromatic amines is 2. The van der Waals surface area contributed by atoms with E-state index in [9.17, 15) is 34.9 Å². The number of fused-ring (bicyclic) bond motifs is 2. The minimum atomic E-state index is -0.475. The summed E-state index contributed by atoms with van der Waals surface area (Å²) in [6, 6.07) is 13.4. The number of aliphatic hydroxyl groups is 1. The Labute approximate surface area is 400 Å². The highest BCUT2D eigenvalue weighted by Crippen LogP contribution is 2.50. The van der Waals surface area contributed by atoms with E-state index in [1.165, 1.54) is 61.9 Å². The van der Waals surface area contributed by atoms with Crippen molar-refractivity contribution in [1.29, 1.82) is 0 Å². The van der Waals surface area contributed by atoms with Crippen LogP contribution in [0.5, 0.6) is 11.5 Å². The summed E-state index contributed by atoms with van der Waals surface area (Å²) in [6.45, 7) is 0.832. The summed E-state index contributed by atoms with van der Waals surface area (Å²) < 4.78 is 34.9. The number of H-pyrrole nitrogens is 2. The lowest BCUT2D eigenvalue weighted by atomic mass is 9.83. The van der Waals surface area contributed by atoms with Crippen LogP contribution in [-0.2, 0) is 18.9 Å². The molecule has 4 aromatic heterocycles. The Morgan fingerprint density at radius 1 is 0.676 bits per heavy atom. The molecule has 9 rings (SSSR count). The van der Waals surface area contributed by atoms with Crippen molar-refractivity contribution in [2.24, 2.45) is 0 Å². The van der Waals surface area contributed by atoms with Crippen molar-refractivity contribution >= 4 is 66.4 Å². The zero-order chi connectivity index (χ0) is 47.7. The SMILES string of the molecule is COC(=O)c1cc2[nH]c(-c3cccc([N+](=O)[O-])c3OCCO)c(C3CCCCC3)c2s1.COC(=O)c1cc2[nH]c(-c3cccc([N+](=O)[O-])c3OCCOC3CCCCO3)c(C3CCCCC3)c2s1. The van der Waals surface area contributed by atoms with Crippen molar-refractivity contribution in [1.82, 2.24) is 9.97 Å². The van der Waals surface area contributed by atoms with Gasteiger partial charge in [-0.1, -0.05) is 50.7 Å². The van der Waals surface area contributed by atoms with Crippen molar-refractivity contribution in [3.8, 4) is 34.0 Å². The number of hydrogen-bond donors (Lipinski definition) is 3. The van der Waals surface area contributed by atoms with Crippen LogP contribution in [0.1, 0.15) is 126 Å². The Kier molecular flexibility index (Phi) is 16.1. The lowest BCUT2D eigenvalue weighted by Gasteiger charge is -2.23. The molecule has 3 aliphatic rings. The summed E-state index contributed by atoms with van der Waals surface area (Å²) in [7, 11) is 2.73. The second kappa shape index (κ2) is 22.5. The average Bonchev–Trinajstić information content (AvgIpc) is 4.15. The van der Waals surface area contributed by atoms with E-state index in [0.29, 0.717) is 33.4 Å². The molecule has 2 aromatic carbocycles. The summed E-state index contributed by atoms with van der Waals surface area (Å²) >= 11 is 2.78. The fraction of sp³-hybridized carbons (Fsp3) is 0.469. The van der Waals surface area contributed by atoms with Gasteiger partial charge in [0.25, 0.3) is 0 Å². The number of ether oxygens (including phenoxy) is 6. The molecule has 5 heterocycles. The molecule has 68 heavy (non-hydrogen) atoms. The maximum atomic E-state index is 12.2. The van der Waals surface area contributed by atoms with E-state index in [4.69, 9.17) is 28.4 Å². The highest BCUT2D eigenvalue weighted by molar-refractivity contribution is 7.21. The van der Waals surface area contributed by atoms with Gasteiger partial charge in [0.05, 0.1) is 69.1 Å². The number of hydrogen-bond acceptors (Lipinski definition) is 15. The Morgan fingerprint density at radius 2 is 1.15 bits per heavy atom. The number of nitro groups is 2. The molecule has 1 atom stereocenters. The van der Waals surface area contributed by atoms with Gasteiger partial charge in [-0.25, -0.2) is 9.59 Å². The van der Waals surface area contributed by atoms with Crippen molar-refractivity contribution in [3.63, 3.8) is 0 Å². The van der Waals surface area contributed by atoms with Crippen LogP contribution in [0.25, 0.3) is 42.9 Å². The molecule has 2 aliphatic carbocycles. The van der Waals surface area contributed by atoms with Crippen LogP contribution < -0.4 is 9.47 Å². The number of rotatable bonds is 16. The molecule has 1 saturated heterocycles. The van der Waals surface area contributed by atoms with Crippen molar-refractivity contribution in [3.05, 3.63) is 89.6 Å². The summed E-state index contributed by atoms with van der Waals surface area (Å²) in [6.07, 6.45) is 13.7. The molecular formula is C49H56N4O13S2. The number of methoxy groups -OCH3 is 2. The number of thiophene rings is 2. The predicted octanol–water partition coefficient (Wildman–Crippen LogP) is 11.6. The van der Waals surface area contributed by atoms with E-state index in [0.717, 1.165) is 114 Å². The van der Waals surface area contributed by atoms with Gasteiger partial charge in [-0.2, -0.15) is 0 Å². The quantitative estimate of drug-likeness (QED) is 0.0355. The molecule has 3 N–H and O–H groups in total. The second-order valence-corrected chi connectivity index (χ2v) is 19.2. The summed E-state index contributed by atoms with van der Waals surface area (Å²) in [4.78, 5) is 54.9. The van der Waals surface area contributed by atoms with E-state index in [2.05, 4.69) is 9.97 Å². The van der Waals surface area contributed by atoms with Crippen LogP contribution >= 0.6 is 22.7 Å².